The molecule has 1 aliphatic carbocycles. The Morgan fingerprint density at radius 1 is 1.14 bits per heavy atom. The number of benzene rings is 2. The van der Waals surface area contributed by atoms with Crippen LogP contribution in [0.25, 0.3) is 11.0 Å². The van der Waals surface area contributed by atoms with E-state index in [9.17, 15) is 9.59 Å². The van der Waals surface area contributed by atoms with Crippen LogP contribution in [0, 0.1) is 11.8 Å². The highest BCUT2D eigenvalue weighted by atomic mass is 16.5. The lowest BCUT2D eigenvalue weighted by molar-refractivity contribution is -0.134. The number of fused-ring (bicyclic) bond motifs is 3. The number of amides is 2. The third-order valence-corrected chi connectivity index (χ3v) is 8.24. The van der Waals surface area contributed by atoms with Crippen molar-refractivity contribution >= 4 is 22.8 Å². The van der Waals surface area contributed by atoms with Crippen molar-refractivity contribution in [2.45, 2.75) is 71.6 Å². The summed E-state index contributed by atoms with van der Waals surface area (Å²) < 4.78 is 7.49. The highest BCUT2D eigenvalue weighted by Gasteiger charge is 2.49. The van der Waals surface area contributed by atoms with Gasteiger partial charge in [-0.05, 0) is 61.9 Å². The normalized spacial score (nSPS) is 26.1. The summed E-state index contributed by atoms with van der Waals surface area (Å²) in [6.45, 7) is 9.59. The van der Waals surface area contributed by atoms with Crippen molar-refractivity contribution in [3.63, 3.8) is 0 Å². The van der Waals surface area contributed by atoms with E-state index in [1.807, 2.05) is 66.9 Å². The molecule has 1 aromatic heterocycles. The van der Waals surface area contributed by atoms with Gasteiger partial charge in [0.2, 0.25) is 5.91 Å². The molecular formula is C29H36N4O3. The maximum atomic E-state index is 14.0. The zero-order chi connectivity index (χ0) is 25.4. The molecule has 190 valence electrons. The van der Waals surface area contributed by atoms with Crippen LogP contribution in [0.1, 0.15) is 63.1 Å². The Hall–Kier alpha value is -3.35. The molecule has 1 saturated carbocycles. The molecule has 0 radical (unpaired) electrons. The molecule has 4 atom stereocenters. The Bertz CT molecular complexity index is 1270. The van der Waals surface area contributed by atoms with Gasteiger partial charge in [-0.1, -0.05) is 51.0 Å². The first-order valence-corrected chi connectivity index (χ1v) is 13.1. The Morgan fingerprint density at radius 2 is 1.89 bits per heavy atom. The summed E-state index contributed by atoms with van der Waals surface area (Å²) in [5, 5.41) is 3.36. The first kappa shape index (κ1) is 24.3. The van der Waals surface area contributed by atoms with Crippen molar-refractivity contribution < 1.29 is 14.3 Å². The van der Waals surface area contributed by atoms with Crippen molar-refractivity contribution in [1.29, 1.82) is 0 Å². The van der Waals surface area contributed by atoms with E-state index in [1.54, 1.807) is 4.90 Å². The van der Waals surface area contributed by atoms with Crippen molar-refractivity contribution in [2.24, 2.45) is 11.8 Å². The van der Waals surface area contributed by atoms with Crippen LogP contribution in [0.2, 0.25) is 0 Å². The Morgan fingerprint density at radius 3 is 2.64 bits per heavy atom. The number of imidazole rings is 1. The molecule has 2 aromatic carbocycles. The van der Waals surface area contributed by atoms with Crippen LogP contribution in [0.4, 0.5) is 0 Å². The molecular weight excluding hydrogens is 452 g/mol. The second-order valence-corrected chi connectivity index (χ2v) is 10.6. The molecule has 0 spiro atoms. The first-order chi connectivity index (χ1) is 17.3. The molecule has 3 aromatic rings. The van der Waals surface area contributed by atoms with Gasteiger partial charge in [-0.3, -0.25) is 9.59 Å². The molecule has 7 heteroatoms. The van der Waals surface area contributed by atoms with Gasteiger partial charge in [0.05, 0.1) is 24.2 Å². The molecule has 0 unspecified atom stereocenters. The molecule has 2 aliphatic rings. The molecule has 0 saturated heterocycles. The lowest BCUT2D eigenvalue weighted by atomic mass is 9.77. The summed E-state index contributed by atoms with van der Waals surface area (Å²) in [5.41, 5.74) is 1.52. The van der Waals surface area contributed by atoms with Gasteiger partial charge in [0.1, 0.15) is 11.3 Å². The van der Waals surface area contributed by atoms with Gasteiger partial charge >= 0.3 is 0 Å². The highest BCUT2D eigenvalue weighted by Crippen LogP contribution is 2.34. The molecule has 0 bridgehead atoms. The van der Waals surface area contributed by atoms with Gasteiger partial charge in [-0.25, -0.2) is 4.98 Å². The lowest BCUT2D eigenvalue weighted by Crippen LogP contribution is -2.65. The van der Waals surface area contributed by atoms with Gasteiger partial charge in [0, 0.05) is 12.6 Å². The van der Waals surface area contributed by atoms with E-state index in [-0.39, 0.29) is 17.9 Å². The van der Waals surface area contributed by atoms with Crippen LogP contribution in [-0.2, 0) is 17.9 Å². The summed E-state index contributed by atoms with van der Waals surface area (Å²) in [6.07, 6.45) is 3.27. The van der Waals surface area contributed by atoms with Crippen LogP contribution in [0.15, 0.2) is 48.5 Å². The summed E-state index contributed by atoms with van der Waals surface area (Å²) in [5.74, 6) is 1.80. The van der Waals surface area contributed by atoms with E-state index in [2.05, 4.69) is 24.1 Å². The minimum atomic E-state index is -1.06. The third-order valence-electron chi connectivity index (χ3n) is 8.24. The largest absolute Gasteiger partial charge is 0.494 e. The topological polar surface area (TPSA) is 76.5 Å². The average molecular weight is 489 g/mol. The lowest BCUT2D eigenvalue weighted by Gasteiger charge is -2.45. The van der Waals surface area contributed by atoms with E-state index in [1.165, 1.54) is 6.42 Å². The van der Waals surface area contributed by atoms with Crippen molar-refractivity contribution in [1.82, 2.24) is 19.8 Å². The number of nitrogens with one attached hydrogen (secondary N) is 1. The zero-order valence-corrected chi connectivity index (χ0v) is 21.7. The number of rotatable bonds is 6. The number of carbonyl (C=O) groups is 2. The zero-order valence-electron chi connectivity index (χ0n) is 21.7. The SMILES string of the molecule is CCOc1ccc(CN2C(=O)c3nc4ccccc4n3C[C@]2(C)C(=O)N[C@@H]2CCC[C@@H](C)[C@H]2C)cc1. The predicted molar refractivity (Wildman–Crippen MR) is 140 cm³/mol. The number of ether oxygens (including phenoxy) is 1. The van der Waals surface area contributed by atoms with Crippen LogP contribution in [0.5, 0.6) is 5.75 Å². The van der Waals surface area contributed by atoms with Crippen molar-refractivity contribution in [3.05, 3.63) is 59.9 Å². The number of nitrogens with zero attached hydrogens (tertiary/aromatic N) is 3. The highest BCUT2D eigenvalue weighted by molar-refractivity contribution is 6.01. The van der Waals surface area contributed by atoms with E-state index >= 15 is 0 Å². The third kappa shape index (κ3) is 4.25. The van der Waals surface area contributed by atoms with Gasteiger partial charge in [0.25, 0.3) is 5.91 Å². The van der Waals surface area contributed by atoms with Crippen molar-refractivity contribution in [2.75, 3.05) is 6.61 Å². The predicted octanol–water partition coefficient (Wildman–Crippen LogP) is 4.79. The number of aromatic nitrogens is 2. The molecule has 5 rings (SSSR count). The van der Waals surface area contributed by atoms with Crippen LogP contribution >= 0.6 is 0 Å². The summed E-state index contributed by atoms with van der Waals surface area (Å²) in [6, 6.07) is 15.6. The van der Waals surface area contributed by atoms with Gasteiger partial charge in [-0.2, -0.15) is 0 Å². The first-order valence-electron chi connectivity index (χ1n) is 13.1. The standard InChI is InChI=1S/C29H36N4O3/c1-5-36-22-15-13-21(14-16-22)17-33-27(34)26-30-24-10-6-7-12-25(24)32(26)18-29(33,4)28(35)31-23-11-8-9-19(2)20(23)3/h6-7,10,12-16,19-20,23H,5,8-9,11,17-18H2,1-4H3,(H,31,35)/t19-,20-,23-,29-/m1/s1. The summed E-state index contributed by atoms with van der Waals surface area (Å²) in [4.78, 5) is 34.3. The van der Waals surface area contributed by atoms with Gasteiger partial charge < -0.3 is 19.5 Å². The van der Waals surface area contributed by atoms with Crippen molar-refractivity contribution in [3.8, 4) is 5.75 Å². The molecule has 2 amide bonds. The quantitative estimate of drug-likeness (QED) is 0.541. The second kappa shape index (κ2) is 9.60. The molecule has 36 heavy (non-hydrogen) atoms. The number of hydrogen-bond donors (Lipinski definition) is 1. The van der Waals surface area contributed by atoms with Gasteiger partial charge in [-0.15, -0.1) is 0 Å². The van der Waals surface area contributed by atoms with E-state index in [0.717, 1.165) is 35.2 Å². The molecule has 2 heterocycles. The molecule has 1 fully saturated rings. The van der Waals surface area contributed by atoms with E-state index < -0.39 is 5.54 Å². The minimum absolute atomic E-state index is 0.101. The number of carbonyl (C=O) groups excluding carboxylic acids is 2. The second-order valence-electron chi connectivity index (χ2n) is 10.6. The van der Waals surface area contributed by atoms with Crippen LogP contribution < -0.4 is 10.1 Å². The monoisotopic (exact) mass is 488 g/mol. The molecule has 7 nitrogen and oxygen atoms in total. The van der Waals surface area contributed by atoms with Crippen LogP contribution in [0.3, 0.4) is 0 Å². The summed E-state index contributed by atoms with van der Waals surface area (Å²) in [7, 11) is 0. The average Bonchev–Trinajstić information content (AvgIpc) is 3.24. The fourth-order valence-electron chi connectivity index (χ4n) is 5.73. The fourth-order valence-corrected chi connectivity index (χ4v) is 5.73. The molecule has 1 aliphatic heterocycles. The Balaban J connectivity index is 1.51. The molecule has 1 N–H and O–H groups in total. The van der Waals surface area contributed by atoms with Gasteiger partial charge in [0.15, 0.2) is 5.82 Å². The van der Waals surface area contributed by atoms with E-state index in [0.29, 0.717) is 37.4 Å². The number of para-hydroxylation sites is 2. The van der Waals surface area contributed by atoms with Crippen LogP contribution in [-0.4, -0.2) is 44.5 Å². The number of hydrogen-bond acceptors (Lipinski definition) is 4. The smallest absolute Gasteiger partial charge is 0.291 e. The summed E-state index contributed by atoms with van der Waals surface area (Å²) >= 11 is 0. The Labute approximate surface area is 212 Å². The minimum Gasteiger partial charge on any atom is -0.494 e. The van der Waals surface area contributed by atoms with E-state index in [4.69, 9.17) is 4.74 Å². The maximum Gasteiger partial charge on any atom is 0.291 e. The Kier molecular flexibility index (Phi) is 6.49. The fraction of sp³-hybridized carbons (Fsp3) is 0.483. The maximum absolute atomic E-state index is 14.0.